The third-order valence-electron chi connectivity index (χ3n) is 2.50. The molecule has 0 saturated carbocycles. The molecule has 0 aromatic heterocycles. The van der Waals surface area contributed by atoms with Crippen LogP contribution in [0.5, 0.6) is 0 Å². The van der Waals surface area contributed by atoms with E-state index in [1.54, 1.807) is 6.92 Å². The summed E-state index contributed by atoms with van der Waals surface area (Å²) in [6.07, 6.45) is 0. The number of hydrogen-bond acceptors (Lipinski definition) is 4. The molecule has 0 fully saturated rings. The van der Waals surface area contributed by atoms with Gasteiger partial charge in [-0.05, 0) is 19.1 Å². The minimum atomic E-state index is -3.66. The van der Waals surface area contributed by atoms with Crippen molar-refractivity contribution in [2.24, 2.45) is 0 Å². The van der Waals surface area contributed by atoms with Crippen LogP contribution in [0.25, 0.3) is 0 Å². The highest BCUT2D eigenvalue weighted by molar-refractivity contribution is 7.89. The van der Waals surface area contributed by atoms with Gasteiger partial charge in [-0.25, -0.2) is 8.42 Å². The van der Waals surface area contributed by atoms with Gasteiger partial charge in [-0.1, -0.05) is 19.1 Å². The number of hydrogen-bond donors (Lipinski definition) is 0. The zero-order valence-electron chi connectivity index (χ0n) is 10.3. The summed E-state index contributed by atoms with van der Waals surface area (Å²) in [4.78, 5) is 11.2. The lowest BCUT2D eigenvalue weighted by Gasteiger charge is -2.17. The topological polar surface area (TPSA) is 78.2 Å². The van der Waals surface area contributed by atoms with Gasteiger partial charge in [0.15, 0.2) is 5.78 Å². The van der Waals surface area contributed by atoms with E-state index in [1.807, 2.05) is 6.07 Å². The number of nitrogens with zero attached hydrogens (tertiary/aromatic N) is 2. The first-order chi connectivity index (χ1) is 8.43. The van der Waals surface area contributed by atoms with Gasteiger partial charge >= 0.3 is 0 Å². The van der Waals surface area contributed by atoms with Gasteiger partial charge in [0.1, 0.15) is 6.54 Å². The van der Waals surface area contributed by atoms with Crippen molar-refractivity contribution in [3.63, 3.8) is 0 Å². The quantitative estimate of drug-likeness (QED) is 0.596. The number of Topliss-reactive ketones (excluding diaryl/α,β-unsaturated/α-hetero) is 1. The molecule has 0 aliphatic rings. The highest BCUT2D eigenvalue weighted by Gasteiger charge is 2.22. The first kappa shape index (κ1) is 14.4. The first-order valence-electron chi connectivity index (χ1n) is 5.41. The summed E-state index contributed by atoms with van der Waals surface area (Å²) in [6.45, 7) is 3.12. The Bertz CT molecular complexity index is 570. The minimum absolute atomic E-state index is 0.0876. The summed E-state index contributed by atoms with van der Waals surface area (Å²) in [5.41, 5.74) is 0.456. The van der Waals surface area contributed by atoms with Crippen molar-refractivity contribution in [1.29, 1.82) is 5.26 Å². The Kier molecular flexibility index (Phi) is 4.59. The lowest BCUT2D eigenvalue weighted by atomic mass is 10.2. The Morgan fingerprint density at radius 2 is 1.89 bits per heavy atom. The van der Waals surface area contributed by atoms with Crippen molar-refractivity contribution in [3.8, 4) is 6.07 Å². The molecule has 0 radical (unpaired) electrons. The minimum Gasteiger partial charge on any atom is -0.295 e. The van der Waals surface area contributed by atoms with Gasteiger partial charge in [-0.3, -0.25) is 4.79 Å². The van der Waals surface area contributed by atoms with Crippen LogP contribution in [0, 0.1) is 11.3 Å². The van der Waals surface area contributed by atoms with Gasteiger partial charge in [-0.2, -0.15) is 9.57 Å². The second kappa shape index (κ2) is 5.76. The Labute approximate surface area is 107 Å². The normalized spacial score (nSPS) is 11.2. The number of nitriles is 1. The van der Waals surface area contributed by atoms with Crippen molar-refractivity contribution < 1.29 is 13.2 Å². The Hall–Kier alpha value is -1.71. The molecule has 1 rings (SSSR count). The van der Waals surface area contributed by atoms with Gasteiger partial charge in [0, 0.05) is 12.1 Å². The van der Waals surface area contributed by atoms with Crippen LogP contribution in [0.15, 0.2) is 29.2 Å². The zero-order valence-corrected chi connectivity index (χ0v) is 11.1. The zero-order chi connectivity index (χ0) is 13.8. The molecular weight excluding hydrogens is 252 g/mol. The molecule has 0 atom stereocenters. The van der Waals surface area contributed by atoms with Gasteiger partial charge in [0.25, 0.3) is 0 Å². The molecule has 1 aromatic rings. The second-order valence-electron chi connectivity index (χ2n) is 3.67. The molecule has 5 nitrogen and oxygen atoms in total. The summed E-state index contributed by atoms with van der Waals surface area (Å²) >= 11 is 0. The van der Waals surface area contributed by atoms with E-state index in [4.69, 9.17) is 5.26 Å². The maximum Gasteiger partial charge on any atom is 0.244 e. The van der Waals surface area contributed by atoms with Crippen molar-refractivity contribution in [2.45, 2.75) is 18.7 Å². The smallest absolute Gasteiger partial charge is 0.244 e. The fourth-order valence-electron chi connectivity index (χ4n) is 1.46. The predicted octanol–water partition coefficient (Wildman–Crippen LogP) is 1.42. The number of benzene rings is 1. The standard InChI is InChI=1S/C12H14N2O3S/c1-3-14(9-8-13)18(16,17)12-6-4-11(5-7-12)10(2)15/h4-7H,3,9H2,1-2H3. The highest BCUT2D eigenvalue weighted by atomic mass is 32.2. The van der Waals surface area contributed by atoms with E-state index >= 15 is 0 Å². The lowest BCUT2D eigenvalue weighted by Crippen LogP contribution is -2.31. The number of sulfonamides is 1. The Morgan fingerprint density at radius 3 is 2.28 bits per heavy atom. The summed E-state index contributed by atoms with van der Waals surface area (Å²) in [6, 6.07) is 7.51. The second-order valence-corrected chi connectivity index (χ2v) is 5.61. The predicted molar refractivity (Wildman–Crippen MR) is 66.5 cm³/mol. The van der Waals surface area contributed by atoms with Crippen LogP contribution in [0.4, 0.5) is 0 Å². The third kappa shape index (κ3) is 2.94. The Balaban J connectivity index is 3.13. The maximum absolute atomic E-state index is 12.1. The fraction of sp³-hybridized carbons (Fsp3) is 0.333. The molecule has 1 aromatic carbocycles. The number of rotatable bonds is 5. The van der Waals surface area contributed by atoms with Crippen LogP contribution < -0.4 is 0 Å². The van der Waals surface area contributed by atoms with Crippen LogP contribution in [0.2, 0.25) is 0 Å². The van der Waals surface area contributed by atoms with Crippen LogP contribution in [0.3, 0.4) is 0 Å². The van der Waals surface area contributed by atoms with Crippen molar-refractivity contribution in [1.82, 2.24) is 4.31 Å². The fourth-order valence-corrected chi connectivity index (χ4v) is 2.80. The van der Waals surface area contributed by atoms with Gasteiger partial charge in [-0.15, -0.1) is 0 Å². The van der Waals surface area contributed by atoms with Crippen molar-refractivity contribution >= 4 is 15.8 Å². The average Bonchev–Trinajstić information content (AvgIpc) is 2.35. The highest BCUT2D eigenvalue weighted by Crippen LogP contribution is 2.16. The Morgan fingerprint density at radius 1 is 1.33 bits per heavy atom. The molecule has 0 heterocycles. The van der Waals surface area contributed by atoms with E-state index in [9.17, 15) is 13.2 Å². The average molecular weight is 266 g/mol. The van der Waals surface area contributed by atoms with E-state index < -0.39 is 10.0 Å². The molecule has 0 saturated heterocycles. The molecule has 96 valence electrons. The molecular formula is C12H14N2O3S. The van der Waals surface area contributed by atoms with E-state index in [-0.39, 0.29) is 23.8 Å². The summed E-state index contributed by atoms with van der Waals surface area (Å²) in [7, 11) is -3.66. The molecule has 0 spiro atoms. The molecule has 0 N–H and O–H groups in total. The van der Waals surface area contributed by atoms with Gasteiger partial charge < -0.3 is 0 Å². The molecule has 0 amide bonds. The maximum atomic E-state index is 12.1. The molecule has 18 heavy (non-hydrogen) atoms. The van der Waals surface area contributed by atoms with Crippen LogP contribution >= 0.6 is 0 Å². The summed E-state index contributed by atoms with van der Waals surface area (Å²) < 4.78 is 25.3. The van der Waals surface area contributed by atoms with Crippen LogP contribution in [0.1, 0.15) is 24.2 Å². The summed E-state index contributed by atoms with van der Waals surface area (Å²) in [5, 5.41) is 8.59. The lowest BCUT2D eigenvalue weighted by molar-refractivity contribution is 0.101. The number of carbonyl (C=O) groups excluding carboxylic acids is 1. The molecule has 0 aliphatic carbocycles. The summed E-state index contributed by atoms with van der Waals surface area (Å²) in [5.74, 6) is -0.122. The first-order valence-corrected chi connectivity index (χ1v) is 6.85. The monoisotopic (exact) mass is 266 g/mol. The molecule has 0 aliphatic heterocycles. The van der Waals surface area contributed by atoms with Crippen molar-refractivity contribution in [3.05, 3.63) is 29.8 Å². The largest absolute Gasteiger partial charge is 0.295 e. The van der Waals surface area contributed by atoms with E-state index in [2.05, 4.69) is 0 Å². The SMILES string of the molecule is CCN(CC#N)S(=O)(=O)c1ccc(C(C)=O)cc1. The number of carbonyl (C=O) groups is 1. The van der Waals surface area contributed by atoms with Crippen molar-refractivity contribution in [2.75, 3.05) is 13.1 Å². The van der Waals surface area contributed by atoms with Gasteiger partial charge in [0.05, 0.1) is 11.0 Å². The van der Waals surface area contributed by atoms with E-state index in [1.165, 1.54) is 31.2 Å². The molecule has 0 unspecified atom stereocenters. The van der Waals surface area contributed by atoms with Crippen LogP contribution in [-0.2, 0) is 10.0 Å². The van der Waals surface area contributed by atoms with Gasteiger partial charge in [0.2, 0.25) is 10.0 Å². The third-order valence-corrected chi connectivity index (χ3v) is 4.43. The van der Waals surface area contributed by atoms with E-state index in [0.717, 1.165) is 4.31 Å². The number of ketones is 1. The van der Waals surface area contributed by atoms with Crippen LogP contribution in [-0.4, -0.2) is 31.6 Å². The molecule has 0 bridgehead atoms. The molecule has 6 heteroatoms. The van der Waals surface area contributed by atoms with E-state index in [0.29, 0.717) is 5.56 Å².